The molecule has 1 heterocycles. The van der Waals surface area contributed by atoms with E-state index in [-0.39, 0.29) is 5.54 Å². The minimum Gasteiger partial charge on any atom is -0.378 e. The molecule has 0 radical (unpaired) electrons. The van der Waals surface area contributed by atoms with E-state index in [1.807, 2.05) is 0 Å². The molecule has 1 aliphatic heterocycles. The van der Waals surface area contributed by atoms with Crippen molar-refractivity contribution in [2.24, 2.45) is 10.7 Å². The van der Waals surface area contributed by atoms with Gasteiger partial charge in [0.15, 0.2) is 5.96 Å². The minimum absolute atomic E-state index is 0.142. The molecule has 0 spiro atoms. The lowest BCUT2D eigenvalue weighted by molar-refractivity contribution is 0.0674. The molecule has 5 heteroatoms. The Morgan fingerprint density at radius 2 is 2.00 bits per heavy atom. The first-order valence-electron chi connectivity index (χ1n) is 5.87. The van der Waals surface area contributed by atoms with E-state index >= 15 is 0 Å². The van der Waals surface area contributed by atoms with Crippen molar-refractivity contribution in [2.75, 3.05) is 39.4 Å². The minimum atomic E-state index is 0.142. The maximum Gasteiger partial charge on any atom is 0.191 e. The Balaban J connectivity index is 2.22. The molecule has 1 saturated heterocycles. The van der Waals surface area contributed by atoms with Crippen molar-refractivity contribution in [3.8, 4) is 0 Å². The van der Waals surface area contributed by atoms with Gasteiger partial charge >= 0.3 is 0 Å². The number of nitrogens with two attached hydrogens (primary N) is 1. The summed E-state index contributed by atoms with van der Waals surface area (Å²) in [6, 6.07) is 0. The second-order valence-corrected chi connectivity index (χ2v) is 5.02. The van der Waals surface area contributed by atoms with E-state index in [9.17, 15) is 0 Å². The molecule has 0 saturated carbocycles. The molecule has 0 aliphatic carbocycles. The number of rotatable bonds is 3. The SMILES string of the molecule is CC(C)(C)NCCN=C(N)N1CCOCC1. The van der Waals surface area contributed by atoms with Gasteiger partial charge in [-0.3, -0.25) is 4.99 Å². The molecular formula is C11H24N4O. The van der Waals surface area contributed by atoms with Crippen molar-refractivity contribution in [1.82, 2.24) is 10.2 Å². The molecule has 0 atom stereocenters. The van der Waals surface area contributed by atoms with Crippen LogP contribution in [0.4, 0.5) is 0 Å². The van der Waals surface area contributed by atoms with Gasteiger partial charge in [0.25, 0.3) is 0 Å². The van der Waals surface area contributed by atoms with Gasteiger partial charge in [-0.25, -0.2) is 0 Å². The molecule has 0 aromatic carbocycles. The highest BCUT2D eigenvalue weighted by molar-refractivity contribution is 5.78. The van der Waals surface area contributed by atoms with E-state index in [1.165, 1.54) is 0 Å². The van der Waals surface area contributed by atoms with E-state index in [1.54, 1.807) is 0 Å². The summed E-state index contributed by atoms with van der Waals surface area (Å²) in [6.07, 6.45) is 0. The zero-order valence-corrected chi connectivity index (χ0v) is 10.6. The third-order valence-electron chi connectivity index (χ3n) is 2.38. The van der Waals surface area contributed by atoms with Gasteiger partial charge in [-0.1, -0.05) is 0 Å². The molecule has 0 aromatic rings. The number of nitrogens with zero attached hydrogens (tertiary/aromatic N) is 2. The first-order valence-corrected chi connectivity index (χ1v) is 5.87. The van der Waals surface area contributed by atoms with Crippen LogP contribution < -0.4 is 11.1 Å². The van der Waals surface area contributed by atoms with E-state index in [0.717, 1.165) is 39.4 Å². The number of aliphatic imine (C=N–C) groups is 1. The Kier molecular flexibility index (Phi) is 5.02. The van der Waals surface area contributed by atoms with Crippen LogP contribution in [0.15, 0.2) is 4.99 Å². The van der Waals surface area contributed by atoms with E-state index in [4.69, 9.17) is 10.5 Å². The maximum absolute atomic E-state index is 5.89. The summed E-state index contributed by atoms with van der Waals surface area (Å²) in [6.45, 7) is 11.2. The summed E-state index contributed by atoms with van der Waals surface area (Å²) in [5.74, 6) is 0.638. The van der Waals surface area contributed by atoms with Gasteiger partial charge in [0.2, 0.25) is 0 Å². The zero-order valence-electron chi connectivity index (χ0n) is 10.6. The molecule has 0 bridgehead atoms. The van der Waals surface area contributed by atoms with Gasteiger partial charge < -0.3 is 20.7 Å². The van der Waals surface area contributed by atoms with Crippen LogP contribution in [0.1, 0.15) is 20.8 Å². The highest BCUT2D eigenvalue weighted by atomic mass is 16.5. The number of hydrogen-bond acceptors (Lipinski definition) is 3. The summed E-state index contributed by atoms with van der Waals surface area (Å²) in [4.78, 5) is 6.42. The summed E-state index contributed by atoms with van der Waals surface area (Å²) >= 11 is 0. The molecule has 1 fully saturated rings. The van der Waals surface area contributed by atoms with Crippen molar-refractivity contribution in [1.29, 1.82) is 0 Å². The number of ether oxygens (including phenoxy) is 1. The average molecular weight is 228 g/mol. The topological polar surface area (TPSA) is 62.9 Å². The van der Waals surface area contributed by atoms with Crippen LogP contribution in [-0.2, 0) is 4.74 Å². The Hall–Kier alpha value is -0.810. The third-order valence-corrected chi connectivity index (χ3v) is 2.38. The third kappa shape index (κ3) is 5.32. The predicted molar refractivity (Wildman–Crippen MR) is 66.6 cm³/mol. The molecular weight excluding hydrogens is 204 g/mol. The fourth-order valence-electron chi connectivity index (χ4n) is 1.49. The number of guanidine groups is 1. The molecule has 0 aromatic heterocycles. The molecule has 16 heavy (non-hydrogen) atoms. The van der Waals surface area contributed by atoms with Crippen LogP contribution in [0.5, 0.6) is 0 Å². The Bertz CT molecular complexity index is 229. The fourth-order valence-corrected chi connectivity index (χ4v) is 1.49. The van der Waals surface area contributed by atoms with E-state index < -0.39 is 0 Å². The molecule has 0 amide bonds. The van der Waals surface area contributed by atoms with Crippen LogP contribution in [0.25, 0.3) is 0 Å². The average Bonchev–Trinajstić information content (AvgIpc) is 2.24. The van der Waals surface area contributed by atoms with Gasteiger partial charge in [0.1, 0.15) is 0 Å². The van der Waals surface area contributed by atoms with E-state index in [2.05, 4.69) is 36.0 Å². The lowest BCUT2D eigenvalue weighted by Gasteiger charge is -2.27. The van der Waals surface area contributed by atoms with Crippen LogP contribution in [0.3, 0.4) is 0 Å². The van der Waals surface area contributed by atoms with Crippen molar-refractivity contribution >= 4 is 5.96 Å². The fraction of sp³-hybridized carbons (Fsp3) is 0.909. The number of nitrogens with one attached hydrogen (secondary N) is 1. The van der Waals surface area contributed by atoms with Crippen molar-refractivity contribution in [2.45, 2.75) is 26.3 Å². The summed E-state index contributed by atoms with van der Waals surface area (Å²) in [7, 11) is 0. The molecule has 1 aliphatic rings. The summed E-state index contributed by atoms with van der Waals surface area (Å²) < 4.78 is 5.26. The number of morpholine rings is 1. The van der Waals surface area contributed by atoms with Crippen LogP contribution in [0, 0.1) is 0 Å². The van der Waals surface area contributed by atoms with Crippen molar-refractivity contribution < 1.29 is 4.74 Å². The molecule has 0 unspecified atom stereocenters. The predicted octanol–water partition coefficient (Wildman–Crippen LogP) is 0.0214. The monoisotopic (exact) mass is 228 g/mol. The smallest absolute Gasteiger partial charge is 0.191 e. The van der Waals surface area contributed by atoms with Gasteiger partial charge in [0.05, 0.1) is 19.8 Å². The van der Waals surface area contributed by atoms with E-state index in [0.29, 0.717) is 5.96 Å². The standard InChI is InChI=1S/C11H24N4O/c1-11(2,3)14-5-4-13-10(12)15-6-8-16-9-7-15/h14H,4-9H2,1-3H3,(H2,12,13). The first-order chi connectivity index (χ1) is 7.49. The highest BCUT2D eigenvalue weighted by Gasteiger charge is 2.12. The Morgan fingerprint density at radius 3 is 2.56 bits per heavy atom. The van der Waals surface area contributed by atoms with Gasteiger partial charge in [-0.05, 0) is 20.8 Å². The van der Waals surface area contributed by atoms with Crippen LogP contribution in [0.2, 0.25) is 0 Å². The zero-order chi connectivity index (χ0) is 12.0. The van der Waals surface area contributed by atoms with Gasteiger partial charge in [-0.2, -0.15) is 0 Å². The lowest BCUT2D eigenvalue weighted by atomic mass is 10.1. The molecule has 1 rings (SSSR count). The van der Waals surface area contributed by atoms with Crippen LogP contribution in [-0.4, -0.2) is 55.8 Å². The Labute approximate surface area is 98.0 Å². The van der Waals surface area contributed by atoms with Gasteiger partial charge in [0, 0.05) is 25.2 Å². The largest absolute Gasteiger partial charge is 0.378 e. The summed E-state index contributed by atoms with van der Waals surface area (Å²) in [5.41, 5.74) is 6.03. The Morgan fingerprint density at radius 1 is 1.38 bits per heavy atom. The number of hydrogen-bond donors (Lipinski definition) is 2. The van der Waals surface area contributed by atoms with Crippen LogP contribution >= 0.6 is 0 Å². The lowest BCUT2D eigenvalue weighted by Crippen LogP contribution is -2.45. The van der Waals surface area contributed by atoms with Gasteiger partial charge in [-0.15, -0.1) is 0 Å². The highest BCUT2D eigenvalue weighted by Crippen LogP contribution is 1.98. The summed E-state index contributed by atoms with van der Waals surface area (Å²) in [5, 5.41) is 3.37. The molecule has 5 nitrogen and oxygen atoms in total. The molecule has 94 valence electrons. The quantitative estimate of drug-likeness (QED) is 0.406. The second kappa shape index (κ2) is 6.06. The second-order valence-electron chi connectivity index (χ2n) is 5.02. The normalized spacial score (nSPS) is 18.9. The maximum atomic E-state index is 5.89. The molecule has 3 N–H and O–H groups in total. The van der Waals surface area contributed by atoms with Crippen molar-refractivity contribution in [3.05, 3.63) is 0 Å². The first kappa shape index (κ1) is 13.3. The van der Waals surface area contributed by atoms with Crippen molar-refractivity contribution in [3.63, 3.8) is 0 Å².